The van der Waals surface area contributed by atoms with Crippen LogP contribution < -0.4 is 5.32 Å². The van der Waals surface area contributed by atoms with Crippen LogP contribution in [0.3, 0.4) is 0 Å². The van der Waals surface area contributed by atoms with Gasteiger partial charge in [0, 0.05) is 24.5 Å². The Kier molecular flexibility index (Phi) is 4.96. The lowest BCUT2D eigenvalue weighted by Gasteiger charge is -1.98. The number of carbonyl (C=O) groups excluding carboxylic acids is 2. The summed E-state index contributed by atoms with van der Waals surface area (Å²) in [5.74, 6) is 5.73. The summed E-state index contributed by atoms with van der Waals surface area (Å²) in [4.78, 5) is 22.1. The lowest BCUT2D eigenvalue weighted by atomic mass is 10.1. The van der Waals surface area contributed by atoms with Gasteiger partial charge < -0.3 is 5.32 Å². The van der Waals surface area contributed by atoms with E-state index in [2.05, 4.69) is 17.2 Å². The fourth-order valence-corrected chi connectivity index (χ4v) is 1.29. The predicted octanol–water partition coefficient (Wildman–Crippen LogP) is 1.77. The Morgan fingerprint density at radius 3 is 2.76 bits per heavy atom. The number of hydrogen-bond acceptors (Lipinski definition) is 2. The maximum absolute atomic E-state index is 11.5. The highest BCUT2D eigenvalue weighted by Crippen LogP contribution is 2.06. The summed E-state index contributed by atoms with van der Waals surface area (Å²) in [5.41, 5.74) is 1.47. The number of Topliss-reactive ketones (excluding diaryl/α,β-unsaturated/α-hetero) is 1. The Bertz CT molecular complexity index is 480. The van der Waals surface area contributed by atoms with Crippen LogP contribution in [-0.2, 0) is 4.79 Å². The van der Waals surface area contributed by atoms with Crippen molar-refractivity contribution in [3.8, 4) is 11.8 Å². The summed E-state index contributed by atoms with van der Waals surface area (Å²) in [6.45, 7) is 3.60. The molecule has 0 saturated heterocycles. The monoisotopic (exact) mass is 229 g/mol. The molecule has 3 heteroatoms. The highest BCUT2D eigenvalue weighted by Gasteiger charge is 2.01. The van der Waals surface area contributed by atoms with Crippen LogP contribution in [0, 0.1) is 11.8 Å². The van der Waals surface area contributed by atoms with Crippen LogP contribution in [0.1, 0.15) is 36.2 Å². The first-order chi connectivity index (χ1) is 8.13. The van der Waals surface area contributed by atoms with Gasteiger partial charge in [-0.3, -0.25) is 9.59 Å². The first-order valence-corrected chi connectivity index (χ1v) is 5.50. The Morgan fingerprint density at radius 1 is 1.35 bits per heavy atom. The van der Waals surface area contributed by atoms with Crippen LogP contribution in [0.25, 0.3) is 0 Å². The van der Waals surface area contributed by atoms with Crippen molar-refractivity contribution in [3.05, 3.63) is 35.4 Å². The molecule has 88 valence electrons. The third-order valence-electron chi connectivity index (χ3n) is 2.16. The Hall–Kier alpha value is -2.08. The van der Waals surface area contributed by atoms with Gasteiger partial charge in [0.15, 0.2) is 5.78 Å². The van der Waals surface area contributed by atoms with Crippen LogP contribution >= 0.6 is 0 Å². The van der Waals surface area contributed by atoms with E-state index in [4.69, 9.17) is 0 Å². The zero-order chi connectivity index (χ0) is 12.7. The summed E-state index contributed by atoms with van der Waals surface area (Å²) in [6, 6.07) is 7.20. The first-order valence-electron chi connectivity index (χ1n) is 5.50. The molecular weight excluding hydrogens is 214 g/mol. The van der Waals surface area contributed by atoms with Gasteiger partial charge >= 0.3 is 0 Å². The Labute approximate surface area is 101 Å². The minimum atomic E-state index is -0.103. The molecule has 0 aromatic heterocycles. The molecule has 0 aliphatic heterocycles. The lowest BCUT2D eigenvalue weighted by molar-refractivity contribution is -0.118. The molecule has 0 fully saturated rings. The zero-order valence-electron chi connectivity index (χ0n) is 10.0. The fraction of sp³-hybridized carbons (Fsp3) is 0.286. The minimum absolute atomic E-state index is 0.103. The standard InChI is InChI=1S/C14H15NO2/c1-3-14(17)13-8-4-6-12(10-13)7-5-9-15-11(2)16/h4,6,8,10H,3,9H2,1-2H3,(H,15,16). The van der Waals surface area contributed by atoms with Gasteiger partial charge in [-0.1, -0.05) is 30.9 Å². The molecule has 1 rings (SSSR count). The molecule has 0 bridgehead atoms. The highest BCUT2D eigenvalue weighted by atomic mass is 16.1. The number of ketones is 1. The molecule has 17 heavy (non-hydrogen) atoms. The predicted molar refractivity (Wildman–Crippen MR) is 66.6 cm³/mol. The van der Waals surface area contributed by atoms with E-state index in [1.807, 2.05) is 19.1 Å². The van der Waals surface area contributed by atoms with E-state index < -0.39 is 0 Å². The van der Waals surface area contributed by atoms with Gasteiger partial charge in [0.2, 0.25) is 5.91 Å². The number of rotatable bonds is 3. The molecular formula is C14H15NO2. The van der Waals surface area contributed by atoms with Gasteiger partial charge in [0.1, 0.15) is 0 Å². The molecule has 1 amide bonds. The quantitative estimate of drug-likeness (QED) is 0.634. The second-order valence-electron chi connectivity index (χ2n) is 3.57. The van der Waals surface area contributed by atoms with E-state index in [1.54, 1.807) is 12.1 Å². The molecule has 1 N–H and O–H groups in total. The summed E-state index contributed by atoms with van der Waals surface area (Å²) >= 11 is 0. The van der Waals surface area contributed by atoms with E-state index in [0.29, 0.717) is 18.5 Å². The van der Waals surface area contributed by atoms with Gasteiger partial charge in [0.05, 0.1) is 6.54 Å². The average Bonchev–Trinajstić information content (AvgIpc) is 2.34. The van der Waals surface area contributed by atoms with Crippen molar-refractivity contribution in [1.29, 1.82) is 0 Å². The molecule has 0 radical (unpaired) electrons. The number of amides is 1. The van der Waals surface area contributed by atoms with Crippen LogP contribution in [-0.4, -0.2) is 18.2 Å². The lowest BCUT2D eigenvalue weighted by Crippen LogP contribution is -2.19. The maximum atomic E-state index is 11.5. The molecule has 0 spiro atoms. The van der Waals surface area contributed by atoms with Gasteiger partial charge in [-0.05, 0) is 12.1 Å². The Morgan fingerprint density at radius 2 is 2.12 bits per heavy atom. The molecule has 0 aliphatic carbocycles. The normalized spacial score (nSPS) is 9.06. The van der Waals surface area contributed by atoms with Crippen molar-refractivity contribution < 1.29 is 9.59 Å². The van der Waals surface area contributed by atoms with Crippen LogP contribution in [0.2, 0.25) is 0 Å². The largest absolute Gasteiger partial charge is 0.345 e. The van der Waals surface area contributed by atoms with E-state index in [1.165, 1.54) is 6.92 Å². The van der Waals surface area contributed by atoms with Gasteiger partial charge in [-0.25, -0.2) is 0 Å². The van der Waals surface area contributed by atoms with Crippen LogP contribution in [0.5, 0.6) is 0 Å². The molecule has 0 saturated carbocycles. The van der Waals surface area contributed by atoms with Crippen molar-refractivity contribution in [2.45, 2.75) is 20.3 Å². The molecule has 1 aromatic carbocycles. The van der Waals surface area contributed by atoms with E-state index >= 15 is 0 Å². The highest BCUT2D eigenvalue weighted by molar-refractivity contribution is 5.96. The summed E-state index contributed by atoms with van der Waals surface area (Å²) in [7, 11) is 0. The van der Waals surface area contributed by atoms with Gasteiger partial charge in [-0.2, -0.15) is 0 Å². The van der Waals surface area contributed by atoms with Crippen LogP contribution in [0.15, 0.2) is 24.3 Å². The van der Waals surface area contributed by atoms with Crippen molar-refractivity contribution >= 4 is 11.7 Å². The molecule has 0 atom stereocenters. The first kappa shape index (κ1) is 13.0. The van der Waals surface area contributed by atoms with E-state index in [0.717, 1.165) is 5.56 Å². The third-order valence-corrected chi connectivity index (χ3v) is 2.16. The molecule has 0 aliphatic rings. The Balaban J connectivity index is 2.71. The number of hydrogen-bond donors (Lipinski definition) is 1. The average molecular weight is 229 g/mol. The van der Waals surface area contributed by atoms with Gasteiger partial charge in [0.25, 0.3) is 0 Å². The number of nitrogens with one attached hydrogen (secondary N) is 1. The third kappa shape index (κ3) is 4.52. The molecule has 1 aromatic rings. The summed E-state index contributed by atoms with van der Waals surface area (Å²) in [5, 5.41) is 2.58. The van der Waals surface area contributed by atoms with Crippen LogP contribution in [0.4, 0.5) is 0 Å². The van der Waals surface area contributed by atoms with Crippen molar-refractivity contribution in [2.75, 3.05) is 6.54 Å². The number of benzene rings is 1. The minimum Gasteiger partial charge on any atom is -0.345 e. The molecule has 0 heterocycles. The van der Waals surface area contributed by atoms with E-state index in [9.17, 15) is 9.59 Å². The van der Waals surface area contributed by atoms with Crippen molar-refractivity contribution in [2.24, 2.45) is 0 Å². The number of carbonyl (C=O) groups is 2. The fourth-order valence-electron chi connectivity index (χ4n) is 1.29. The summed E-state index contributed by atoms with van der Waals surface area (Å²) < 4.78 is 0. The topological polar surface area (TPSA) is 46.2 Å². The second kappa shape index (κ2) is 6.49. The van der Waals surface area contributed by atoms with Crippen molar-refractivity contribution in [3.63, 3.8) is 0 Å². The van der Waals surface area contributed by atoms with E-state index in [-0.39, 0.29) is 11.7 Å². The summed E-state index contributed by atoms with van der Waals surface area (Å²) in [6.07, 6.45) is 0.489. The molecule has 3 nitrogen and oxygen atoms in total. The zero-order valence-corrected chi connectivity index (χ0v) is 10.0. The van der Waals surface area contributed by atoms with Crippen molar-refractivity contribution in [1.82, 2.24) is 5.32 Å². The molecule has 0 unspecified atom stereocenters. The maximum Gasteiger partial charge on any atom is 0.217 e. The second-order valence-corrected chi connectivity index (χ2v) is 3.57. The van der Waals surface area contributed by atoms with Gasteiger partial charge in [-0.15, -0.1) is 0 Å². The smallest absolute Gasteiger partial charge is 0.217 e. The SMILES string of the molecule is CCC(=O)c1cccc(C#CCNC(C)=O)c1.